The Morgan fingerprint density at radius 3 is 2.29 bits per heavy atom. The Bertz CT molecular complexity index is 307. The van der Waals surface area contributed by atoms with Crippen LogP contribution in [0.5, 0.6) is 0 Å². The average molecular weight is 237 g/mol. The molecule has 1 aliphatic rings. The van der Waals surface area contributed by atoms with E-state index in [-0.39, 0.29) is 30.6 Å². The minimum absolute atomic E-state index is 0.184. The summed E-state index contributed by atoms with van der Waals surface area (Å²) in [6.07, 6.45) is 7.38. The van der Waals surface area contributed by atoms with E-state index < -0.39 is 0 Å². The number of allylic oxidation sites excluding steroid dienone is 1. The van der Waals surface area contributed by atoms with E-state index in [1.807, 2.05) is 6.08 Å². The van der Waals surface area contributed by atoms with Crippen molar-refractivity contribution in [2.75, 3.05) is 0 Å². The van der Waals surface area contributed by atoms with Gasteiger partial charge < -0.3 is 0 Å². The van der Waals surface area contributed by atoms with Gasteiger partial charge in [0.25, 0.3) is 0 Å². The van der Waals surface area contributed by atoms with E-state index >= 15 is 0 Å². The van der Waals surface area contributed by atoms with Gasteiger partial charge in [0, 0.05) is 19.3 Å². The Morgan fingerprint density at radius 1 is 1.12 bits per heavy atom. The van der Waals surface area contributed by atoms with Crippen LogP contribution < -0.4 is 0 Å². The van der Waals surface area contributed by atoms with Crippen LogP contribution in [0.2, 0.25) is 0 Å². The summed E-state index contributed by atoms with van der Waals surface area (Å²) in [7, 11) is 0. The summed E-state index contributed by atoms with van der Waals surface area (Å²) in [5.74, 6) is -1.01. The normalized spacial score (nSPS) is 15.4. The van der Waals surface area contributed by atoms with E-state index in [9.17, 15) is 14.4 Å². The van der Waals surface area contributed by atoms with Crippen LogP contribution >= 0.6 is 0 Å². The second-order valence-electron chi connectivity index (χ2n) is 4.26. The van der Waals surface area contributed by atoms with Crippen LogP contribution in [0.4, 0.5) is 0 Å². The molecular weight excluding hydrogens is 218 g/mol. The zero-order valence-corrected chi connectivity index (χ0v) is 10.1. The highest BCUT2D eigenvalue weighted by molar-refractivity contribution is 6.14. The maximum Gasteiger partial charge on any atom is 0.236 e. The van der Waals surface area contributed by atoms with Crippen molar-refractivity contribution in [1.82, 2.24) is 4.90 Å². The van der Waals surface area contributed by atoms with E-state index in [2.05, 4.69) is 6.58 Å². The van der Waals surface area contributed by atoms with E-state index in [1.165, 1.54) is 0 Å². The number of carbonyl (C=O) groups excluding carboxylic acids is 3. The van der Waals surface area contributed by atoms with Crippen molar-refractivity contribution >= 4 is 17.7 Å². The Morgan fingerprint density at radius 2 is 1.71 bits per heavy atom. The van der Waals surface area contributed by atoms with Gasteiger partial charge in [0.2, 0.25) is 17.7 Å². The second kappa shape index (κ2) is 6.99. The van der Waals surface area contributed by atoms with Crippen LogP contribution in [-0.4, -0.2) is 22.6 Å². The Hall–Kier alpha value is -1.45. The van der Waals surface area contributed by atoms with Crippen molar-refractivity contribution in [2.24, 2.45) is 0 Å². The van der Waals surface area contributed by atoms with Gasteiger partial charge >= 0.3 is 0 Å². The number of unbranched alkanes of at least 4 members (excludes halogenated alkanes) is 4. The molecule has 0 atom stereocenters. The van der Waals surface area contributed by atoms with Gasteiger partial charge in [0.15, 0.2) is 0 Å². The molecule has 1 heterocycles. The molecule has 0 N–H and O–H groups in total. The van der Waals surface area contributed by atoms with Gasteiger partial charge in [-0.1, -0.05) is 18.9 Å². The molecule has 4 heteroatoms. The summed E-state index contributed by atoms with van der Waals surface area (Å²) in [6.45, 7) is 3.64. The topological polar surface area (TPSA) is 54.5 Å². The van der Waals surface area contributed by atoms with Crippen LogP contribution in [-0.2, 0) is 14.4 Å². The third-order valence-electron chi connectivity index (χ3n) is 2.85. The first kappa shape index (κ1) is 13.6. The molecule has 1 fully saturated rings. The van der Waals surface area contributed by atoms with Crippen molar-refractivity contribution in [3.63, 3.8) is 0 Å². The highest BCUT2D eigenvalue weighted by atomic mass is 16.2. The molecule has 0 bridgehead atoms. The molecule has 0 saturated carbocycles. The maximum atomic E-state index is 11.6. The van der Waals surface area contributed by atoms with Crippen molar-refractivity contribution in [1.29, 1.82) is 0 Å². The Balaban J connectivity index is 2.18. The van der Waals surface area contributed by atoms with Crippen LogP contribution in [0.25, 0.3) is 0 Å². The number of hydrogen-bond acceptors (Lipinski definition) is 3. The fourth-order valence-electron chi connectivity index (χ4n) is 1.88. The minimum Gasteiger partial charge on any atom is -0.274 e. The lowest BCUT2D eigenvalue weighted by Crippen LogP contribution is -2.35. The first-order chi connectivity index (χ1) is 8.16. The summed E-state index contributed by atoms with van der Waals surface area (Å²) in [5.41, 5.74) is 0. The molecule has 1 aliphatic heterocycles. The molecule has 17 heavy (non-hydrogen) atoms. The average Bonchev–Trinajstić information content (AvgIpc) is 2.63. The van der Waals surface area contributed by atoms with Crippen LogP contribution in [0, 0.1) is 0 Å². The summed E-state index contributed by atoms with van der Waals surface area (Å²) < 4.78 is 0. The van der Waals surface area contributed by atoms with Gasteiger partial charge in [-0.25, -0.2) is 4.90 Å². The van der Waals surface area contributed by atoms with E-state index in [0.29, 0.717) is 6.42 Å². The molecule has 0 spiro atoms. The molecule has 1 saturated heterocycles. The van der Waals surface area contributed by atoms with Crippen molar-refractivity contribution in [3.05, 3.63) is 12.7 Å². The molecule has 0 aromatic rings. The fourth-order valence-corrected chi connectivity index (χ4v) is 1.88. The van der Waals surface area contributed by atoms with Crippen molar-refractivity contribution < 1.29 is 14.4 Å². The van der Waals surface area contributed by atoms with E-state index in [1.54, 1.807) is 0 Å². The first-order valence-electron chi connectivity index (χ1n) is 6.16. The predicted molar refractivity (Wildman–Crippen MR) is 64.0 cm³/mol. The molecule has 0 unspecified atom stereocenters. The van der Waals surface area contributed by atoms with Gasteiger partial charge in [-0.3, -0.25) is 14.4 Å². The molecule has 1 rings (SSSR count). The molecule has 0 aromatic heterocycles. The molecule has 0 aliphatic carbocycles. The minimum atomic E-state index is -0.341. The lowest BCUT2D eigenvalue weighted by Gasteiger charge is -2.11. The lowest BCUT2D eigenvalue weighted by atomic mass is 10.1. The molecule has 4 nitrogen and oxygen atoms in total. The van der Waals surface area contributed by atoms with Gasteiger partial charge in [0.05, 0.1) is 0 Å². The molecule has 0 radical (unpaired) electrons. The van der Waals surface area contributed by atoms with Crippen molar-refractivity contribution in [2.45, 2.75) is 51.4 Å². The Labute approximate surface area is 102 Å². The SMILES string of the molecule is C=CCCCCCCC(=O)N1C(=O)CCC1=O. The molecule has 0 aromatic carbocycles. The van der Waals surface area contributed by atoms with E-state index in [4.69, 9.17) is 0 Å². The predicted octanol–water partition coefficient (Wildman–Crippen LogP) is 2.19. The van der Waals surface area contributed by atoms with E-state index in [0.717, 1.165) is 37.0 Å². The first-order valence-corrected chi connectivity index (χ1v) is 6.16. The number of carbonyl (C=O) groups is 3. The quantitative estimate of drug-likeness (QED) is 0.387. The van der Waals surface area contributed by atoms with Gasteiger partial charge in [-0.2, -0.15) is 0 Å². The fraction of sp³-hybridized carbons (Fsp3) is 0.615. The van der Waals surface area contributed by atoms with Crippen LogP contribution in [0.1, 0.15) is 51.4 Å². The van der Waals surface area contributed by atoms with Crippen LogP contribution in [0.15, 0.2) is 12.7 Å². The van der Waals surface area contributed by atoms with Crippen molar-refractivity contribution in [3.8, 4) is 0 Å². The third kappa shape index (κ3) is 4.13. The largest absolute Gasteiger partial charge is 0.274 e. The number of likely N-dealkylation sites (tertiary alicyclic amines) is 1. The zero-order chi connectivity index (χ0) is 12.7. The standard InChI is InChI=1S/C13H19NO3/c1-2-3-4-5-6-7-8-11(15)14-12(16)9-10-13(14)17/h2H,1,3-10H2. The zero-order valence-electron chi connectivity index (χ0n) is 10.1. The van der Waals surface area contributed by atoms with Gasteiger partial charge in [-0.15, -0.1) is 6.58 Å². The molecule has 94 valence electrons. The molecular formula is C13H19NO3. The number of nitrogens with zero attached hydrogens (tertiary/aromatic N) is 1. The maximum absolute atomic E-state index is 11.6. The smallest absolute Gasteiger partial charge is 0.236 e. The second-order valence-corrected chi connectivity index (χ2v) is 4.26. The summed E-state index contributed by atoms with van der Waals surface area (Å²) >= 11 is 0. The summed E-state index contributed by atoms with van der Waals surface area (Å²) in [5, 5.41) is 0. The number of hydrogen-bond donors (Lipinski definition) is 0. The number of amides is 3. The third-order valence-corrected chi connectivity index (χ3v) is 2.85. The van der Waals surface area contributed by atoms with Crippen LogP contribution in [0.3, 0.4) is 0 Å². The molecule has 3 amide bonds. The highest BCUT2D eigenvalue weighted by Gasteiger charge is 2.33. The Kier molecular flexibility index (Phi) is 5.60. The number of imide groups is 3. The summed E-state index contributed by atoms with van der Waals surface area (Å²) in [4.78, 5) is 35.0. The monoisotopic (exact) mass is 237 g/mol. The number of rotatable bonds is 7. The highest BCUT2D eigenvalue weighted by Crippen LogP contribution is 2.15. The summed E-state index contributed by atoms with van der Waals surface area (Å²) in [6, 6.07) is 0. The lowest BCUT2D eigenvalue weighted by molar-refractivity contribution is -0.149. The van der Waals surface area contributed by atoms with Gasteiger partial charge in [0.1, 0.15) is 0 Å². The van der Waals surface area contributed by atoms with Gasteiger partial charge in [-0.05, 0) is 19.3 Å².